The molecular weight excluding hydrogens is 290 g/mol. The number of methoxy groups -OCH3 is 1. The van der Waals surface area contributed by atoms with Crippen molar-refractivity contribution in [1.82, 2.24) is 0 Å². The minimum Gasteiger partial charge on any atom is -0.496 e. The van der Waals surface area contributed by atoms with Gasteiger partial charge in [-0.25, -0.2) is 8.42 Å². The van der Waals surface area contributed by atoms with Gasteiger partial charge in [0.15, 0.2) is 15.1 Å². The predicted molar refractivity (Wildman–Crippen MR) is 69.4 cm³/mol. The van der Waals surface area contributed by atoms with Crippen LogP contribution in [0.15, 0.2) is 18.2 Å². The van der Waals surface area contributed by atoms with Crippen molar-refractivity contribution in [3.63, 3.8) is 0 Å². The summed E-state index contributed by atoms with van der Waals surface area (Å²) in [4.78, 5) is 20.8. The second-order valence-electron chi connectivity index (χ2n) is 4.04. The summed E-state index contributed by atoms with van der Waals surface area (Å²) in [5.41, 5.74) is -0.242. The van der Waals surface area contributed by atoms with E-state index in [1.807, 2.05) is 0 Å². The average molecular weight is 303 g/mol. The van der Waals surface area contributed by atoms with Gasteiger partial charge in [0.25, 0.3) is 5.69 Å². The Hall–Kier alpha value is -2.16. The Morgan fingerprint density at radius 3 is 2.55 bits per heavy atom. The van der Waals surface area contributed by atoms with E-state index >= 15 is 0 Å². The summed E-state index contributed by atoms with van der Waals surface area (Å²) in [5.74, 6) is -1.98. The molecule has 20 heavy (non-hydrogen) atoms. The quantitative estimate of drug-likeness (QED) is 0.613. The first-order valence-corrected chi connectivity index (χ1v) is 7.16. The number of hydrogen-bond donors (Lipinski definition) is 1. The van der Waals surface area contributed by atoms with Crippen molar-refractivity contribution in [1.29, 1.82) is 0 Å². The molecule has 1 aromatic rings. The van der Waals surface area contributed by atoms with Crippen molar-refractivity contribution < 1.29 is 28.0 Å². The first-order chi connectivity index (χ1) is 9.19. The SMILES string of the molecule is COc1ccc([N+](=O)[O-])cc1CS(=O)(=O)C(C)C(=O)O. The molecule has 0 radical (unpaired) electrons. The van der Waals surface area contributed by atoms with Gasteiger partial charge in [0.1, 0.15) is 5.75 Å². The molecule has 1 atom stereocenters. The number of nitrogens with zero attached hydrogens (tertiary/aromatic N) is 1. The fraction of sp³-hybridized carbons (Fsp3) is 0.364. The first kappa shape index (κ1) is 15.9. The number of carboxylic acid groups (broad SMARTS) is 1. The lowest BCUT2D eigenvalue weighted by molar-refractivity contribution is -0.384. The van der Waals surface area contributed by atoms with Gasteiger partial charge < -0.3 is 9.84 Å². The molecule has 0 bridgehead atoms. The molecule has 0 spiro atoms. The van der Waals surface area contributed by atoms with E-state index < -0.39 is 31.7 Å². The van der Waals surface area contributed by atoms with E-state index in [4.69, 9.17) is 9.84 Å². The molecule has 0 amide bonds. The van der Waals surface area contributed by atoms with E-state index in [2.05, 4.69) is 0 Å². The molecule has 0 aliphatic rings. The molecule has 1 aromatic carbocycles. The highest BCUT2D eigenvalue weighted by Gasteiger charge is 2.29. The van der Waals surface area contributed by atoms with Gasteiger partial charge in [0.05, 0.1) is 17.8 Å². The van der Waals surface area contributed by atoms with Crippen LogP contribution in [0.1, 0.15) is 12.5 Å². The minimum atomic E-state index is -3.99. The Labute approximate surface area is 115 Å². The molecule has 0 saturated heterocycles. The van der Waals surface area contributed by atoms with E-state index in [-0.39, 0.29) is 17.0 Å². The van der Waals surface area contributed by atoms with Gasteiger partial charge in [-0.2, -0.15) is 0 Å². The Kier molecular flexibility index (Phi) is 4.66. The number of benzene rings is 1. The zero-order chi connectivity index (χ0) is 15.5. The number of nitro groups is 1. The summed E-state index contributed by atoms with van der Waals surface area (Å²) >= 11 is 0. The molecule has 110 valence electrons. The molecule has 0 aliphatic heterocycles. The van der Waals surface area contributed by atoms with Gasteiger partial charge in [-0.1, -0.05) is 0 Å². The van der Waals surface area contributed by atoms with Crippen LogP contribution in [0.3, 0.4) is 0 Å². The van der Waals surface area contributed by atoms with Crippen LogP contribution in [-0.2, 0) is 20.4 Å². The van der Waals surface area contributed by atoms with Crippen LogP contribution in [0.5, 0.6) is 5.75 Å². The molecule has 0 fully saturated rings. The van der Waals surface area contributed by atoms with Crippen LogP contribution in [0.2, 0.25) is 0 Å². The highest BCUT2D eigenvalue weighted by Crippen LogP contribution is 2.26. The second kappa shape index (κ2) is 5.87. The van der Waals surface area contributed by atoms with Crippen molar-refractivity contribution in [3.05, 3.63) is 33.9 Å². The van der Waals surface area contributed by atoms with Crippen molar-refractivity contribution in [3.8, 4) is 5.75 Å². The highest BCUT2D eigenvalue weighted by atomic mass is 32.2. The summed E-state index contributed by atoms with van der Waals surface area (Å²) < 4.78 is 28.7. The van der Waals surface area contributed by atoms with Crippen molar-refractivity contribution in [2.75, 3.05) is 7.11 Å². The third kappa shape index (κ3) is 3.44. The van der Waals surface area contributed by atoms with Gasteiger partial charge in [0.2, 0.25) is 0 Å². The van der Waals surface area contributed by atoms with Crippen LogP contribution in [0, 0.1) is 10.1 Å². The monoisotopic (exact) mass is 303 g/mol. The maximum Gasteiger partial charge on any atom is 0.321 e. The number of rotatable bonds is 6. The Morgan fingerprint density at radius 1 is 1.50 bits per heavy atom. The maximum atomic E-state index is 11.9. The summed E-state index contributed by atoms with van der Waals surface area (Å²) in [7, 11) is -2.70. The van der Waals surface area contributed by atoms with E-state index in [0.29, 0.717) is 0 Å². The van der Waals surface area contributed by atoms with Gasteiger partial charge in [-0.15, -0.1) is 0 Å². The molecule has 0 aliphatic carbocycles. The van der Waals surface area contributed by atoms with Crippen molar-refractivity contribution in [2.24, 2.45) is 0 Å². The van der Waals surface area contributed by atoms with Crippen LogP contribution < -0.4 is 4.74 Å². The molecule has 0 heterocycles. The summed E-state index contributed by atoms with van der Waals surface area (Å²) in [6, 6.07) is 3.51. The fourth-order valence-electron chi connectivity index (χ4n) is 1.49. The number of hydrogen-bond acceptors (Lipinski definition) is 6. The standard InChI is InChI=1S/C11H13NO7S/c1-7(11(13)14)20(17,18)6-8-5-9(12(15)16)3-4-10(8)19-2/h3-5,7H,6H2,1-2H3,(H,13,14). The smallest absolute Gasteiger partial charge is 0.321 e. The molecule has 0 aromatic heterocycles. The topological polar surface area (TPSA) is 124 Å². The van der Waals surface area contributed by atoms with Crippen molar-refractivity contribution >= 4 is 21.5 Å². The molecule has 8 nitrogen and oxygen atoms in total. The maximum absolute atomic E-state index is 11.9. The molecule has 1 rings (SSSR count). The van der Waals surface area contributed by atoms with Gasteiger partial charge in [-0.3, -0.25) is 14.9 Å². The number of ether oxygens (including phenoxy) is 1. The van der Waals surface area contributed by atoms with Gasteiger partial charge >= 0.3 is 5.97 Å². The van der Waals surface area contributed by atoms with E-state index in [0.717, 1.165) is 13.0 Å². The van der Waals surface area contributed by atoms with E-state index in [1.165, 1.54) is 19.2 Å². The lowest BCUT2D eigenvalue weighted by Gasteiger charge is -2.11. The normalized spacial score (nSPS) is 12.7. The van der Waals surface area contributed by atoms with Crippen molar-refractivity contribution in [2.45, 2.75) is 17.9 Å². The number of carboxylic acids is 1. The zero-order valence-electron chi connectivity index (χ0n) is 10.8. The summed E-state index contributed by atoms with van der Waals surface area (Å²) in [5, 5.41) is 17.8. The number of carbonyl (C=O) groups is 1. The van der Waals surface area contributed by atoms with Crippen LogP contribution in [0.4, 0.5) is 5.69 Å². The second-order valence-corrected chi connectivity index (χ2v) is 6.36. The zero-order valence-corrected chi connectivity index (χ0v) is 11.6. The Morgan fingerprint density at radius 2 is 2.10 bits per heavy atom. The molecule has 1 N–H and O–H groups in total. The van der Waals surface area contributed by atoms with Gasteiger partial charge in [-0.05, 0) is 13.0 Å². The van der Waals surface area contributed by atoms with Crippen LogP contribution in [0.25, 0.3) is 0 Å². The minimum absolute atomic E-state index is 0.0507. The number of nitro benzene ring substituents is 1. The Bertz CT molecular complexity index is 638. The average Bonchev–Trinajstić information content (AvgIpc) is 2.36. The molecule has 0 saturated carbocycles. The third-order valence-electron chi connectivity index (χ3n) is 2.72. The molecule has 1 unspecified atom stereocenters. The highest BCUT2D eigenvalue weighted by molar-refractivity contribution is 7.92. The molecule has 9 heteroatoms. The van der Waals surface area contributed by atoms with Gasteiger partial charge in [0, 0.05) is 17.7 Å². The summed E-state index contributed by atoms with van der Waals surface area (Å²) in [6.07, 6.45) is 0. The van der Waals surface area contributed by atoms with E-state index in [1.54, 1.807) is 0 Å². The largest absolute Gasteiger partial charge is 0.496 e. The number of sulfone groups is 1. The third-order valence-corrected chi connectivity index (χ3v) is 4.71. The number of aliphatic carboxylic acids is 1. The van der Waals surface area contributed by atoms with Crippen LogP contribution >= 0.6 is 0 Å². The van der Waals surface area contributed by atoms with Crippen LogP contribution in [-0.4, -0.2) is 36.8 Å². The number of non-ortho nitro benzene ring substituents is 1. The summed E-state index contributed by atoms with van der Waals surface area (Å²) in [6.45, 7) is 1.04. The predicted octanol–water partition coefficient (Wildman–Crippen LogP) is 0.991. The fourth-order valence-corrected chi connectivity index (χ4v) is 2.70. The molecular formula is C11H13NO7S. The Balaban J connectivity index is 3.22. The van der Waals surface area contributed by atoms with E-state index in [9.17, 15) is 23.3 Å². The lowest BCUT2D eigenvalue weighted by atomic mass is 10.2. The first-order valence-electron chi connectivity index (χ1n) is 5.44. The lowest BCUT2D eigenvalue weighted by Crippen LogP contribution is -2.28.